The fourth-order valence-electron chi connectivity index (χ4n) is 2.52. The van der Waals surface area contributed by atoms with Crippen LogP contribution < -0.4 is 0 Å². The third-order valence-corrected chi connectivity index (χ3v) is 5.04. The Hall–Kier alpha value is -2.45. The smallest absolute Gasteiger partial charge is 0.195 e. The maximum absolute atomic E-state index is 12.3. The van der Waals surface area contributed by atoms with Crippen LogP contribution in [0.1, 0.15) is 38.2 Å². The summed E-state index contributed by atoms with van der Waals surface area (Å²) in [5.74, 6) is 0.0684. The molecule has 2 heteroatoms. The van der Waals surface area contributed by atoms with Gasteiger partial charge in [0.25, 0.3) is 0 Å². The molecule has 120 valence electrons. The van der Waals surface area contributed by atoms with E-state index >= 15 is 0 Å². The number of carbonyl (C=O) groups is 1. The lowest BCUT2D eigenvalue weighted by atomic mass is 10.1. The molecule has 0 saturated carbocycles. The summed E-state index contributed by atoms with van der Waals surface area (Å²) in [6.45, 7) is 2.14. The highest BCUT2D eigenvalue weighted by atomic mass is 32.1. The SMILES string of the molecule is CCc1ccc(/C=C/C(=O)c2ccc(Cc3ccccc3)s2)cc1. The molecule has 0 unspecified atom stereocenters. The minimum Gasteiger partial charge on any atom is -0.288 e. The van der Waals surface area contributed by atoms with Crippen LogP contribution in [0.2, 0.25) is 0 Å². The highest BCUT2D eigenvalue weighted by Gasteiger charge is 2.07. The number of aryl methyl sites for hydroxylation is 1. The molecule has 0 bridgehead atoms. The van der Waals surface area contributed by atoms with Gasteiger partial charge in [0.15, 0.2) is 5.78 Å². The van der Waals surface area contributed by atoms with Gasteiger partial charge in [-0.1, -0.05) is 67.6 Å². The van der Waals surface area contributed by atoms with Crippen molar-refractivity contribution in [2.75, 3.05) is 0 Å². The Morgan fingerprint density at radius 3 is 2.38 bits per heavy atom. The average molecular weight is 332 g/mol. The van der Waals surface area contributed by atoms with Gasteiger partial charge in [-0.2, -0.15) is 0 Å². The molecule has 1 heterocycles. The maximum Gasteiger partial charge on any atom is 0.195 e. The van der Waals surface area contributed by atoms with E-state index in [1.807, 2.05) is 30.3 Å². The van der Waals surface area contributed by atoms with E-state index in [1.165, 1.54) is 16.0 Å². The summed E-state index contributed by atoms with van der Waals surface area (Å²) in [5.41, 5.74) is 3.63. The molecule has 0 amide bonds. The summed E-state index contributed by atoms with van der Waals surface area (Å²) >= 11 is 1.58. The van der Waals surface area contributed by atoms with E-state index in [0.717, 1.165) is 23.3 Å². The van der Waals surface area contributed by atoms with Crippen molar-refractivity contribution in [3.63, 3.8) is 0 Å². The van der Waals surface area contributed by atoms with Crippen LogP contribution in [0.5, 0.6) is 0 Å². The van der Waals surface area contributed by atoms with Crippen molar-refractivity contribution in [1.82, 2.24) is 0 Å². The topological polar surface area (TPSA) is 17.1 Å². The molecule has 24 heavy (non-hydrogen) atoms. The van der Waals surface area contributed by atoms with Gasteiger partial charge in [-0.15, -0.1) is 11.3 Å². The zero-order chi connectivity index (χ0) is 16.8. The van der Waals surface area contributed by atoms with Gasteiger partial charge in [-0.3, -0.25) is 4.79 Å². The van der Waals surface area contributed by atoms with E-state index in [1.54, 1.807) is 17.4 Å². The van der Waals surface area contributed by atoms with E-state index < -0.39 is 0 Å². The van der Waals surface area contributed by atoms with Crippen LogP contribution in [0.3, 0.4) is 0 Å². The number of ketones is 1. The van der Waals surface area contributed by atoms with Gasteiger partial charge in [-0.05, 0) is 41.3 Å². The predicted molar refractivity (Wildman–Crippen MR) is 103 cm³/mol. The van der Waals surface area contributed by atoms with E-state index in [4.69, 9.17) is 0 Å². The van der Waals surface area contributed by atoms with Crippen molar-refractivity contribution in [3.8, 4) is 0 Å². The Morgan fingerprint density at radius 1 is 0.917 bits per heavy atom. The normalized spacial score (nSPS) is 11.0. The van der Waals surface area contributed by atoms with Crippen LogP contribution in [-0.2, 0) is 12.8 Å². The molecule has 3 aromatic rings. The Kier molecular flexibility index (Phi) is 5.39. The first-order chi connectivity index (χ1) is 11.7. The van der Waals surface area contributed by atoms with Crippen LogP contribution >= 0.6 is 11.3 Å². The second-order valence-electron chi connectivity index (χ2n) is 5.72. The molecule has 0 aliphatic heterocycles. The Bertz CT molecular complexity index is 826. The summed E-state index contributed by atoms with van der Waals surface area (Å²) in [5, 5.41) is 0. The largest absolute Gasteiger partial charge is 0.288 e. The fourth-order valence-corrected chi connectivity index (χ4v) is 3.48. The van der Waals surface area contributed by atoms with Crippen molar-refractivity contribution in [2.45, 2.75) is 19.8 Å². The number of carbonyl (C=O) groups excluding carboxylic acids is 1. The number of rotatable bonds is 6. The molecular formula is C22H20OS. The average Bonchev–Trinajstić information content (AvgIpc) is 3.09. The van der Waals surface area contributed by atoms with E-state index in [2.05, 4.69) is 49.4 Å². The van der Waals surface area contributed by atoms with Crippen molar-refractivity contribution in [1.29, 1.82) is 0 Å². The van der Waals surface area contributed by atoms with Crippen LogP contribution in [0, 0.1) is 0 Å². The highest BCUT2D eigenvalue weighted by molar-refractivity contribution is 7.14. The van der Waals surface area contributed by atoms with Crippen LogP contribution in [-0.4, -0.2) is 5.78 Å². The number of allylic oxidation sites excluding steroid dienone is 1. The molecule has 0 aliphatic rings. The molecule has 2 aromatic carbocycles. The zero-order valence-electron chi connectivity index (χ0n) is 13.7. The predicted octanol–water partition coefficient (Wildman–Crippen LogP) is 5.80. The number of benzene rings is 2. The molecule has 3 rings (SSSR count). The van der Waals surface area contributed by atoms with Crippen molar-refractivity contribution < 1.29 is 4.79 Å². The minimum atomic E-state index is 0.0684. The van der Waals surface area contributed by atoms with Crippen LogP contribution in [0.4, 0.5) is 0 Å². The van der Waals surface area contributed by atoms with Gasteiger partial charge < -0.3 is 0 Å². The first kappa shape index (κ1) is 16.4. The van der Waals surface area contributed by atoms with E-state index in [9.17, 15) is 4.79 Å². The molecule has 0 atom stereocenters. The zero-order valence-corrected chi connectivity index (χ0v) is 14.6. The molecule has 0 fully saturated rings. The molecule has 0 N–H and O–H groups in total. The first-order valence-corrected chi connectivity index (χ1v) is 9.00. The van der Waals surface area contributed by atoms with Gasteiger partial charge in [-0.25, -0.2) is 0 Å². The maximum atomic E-state index is 12.3. The lowest BCUT2D eigenvalue weighted by Gasteiger charge is -1.97. The summed E-state index contributed by atoms with van der Waals surface area (Å²) < 4.78 is 0. The summed E-state index contributed by atoms with van der Waals surface area (Å²) in [6.07, 6.45) is 5.46. The lowest BCUT2D eigenvalue weighted by molar-refractivity contribution is 0.105. The Labute approximate surface area is 147 Å². The van der Waals surface area contributed by atoms with Gasteiger partial charge in [0.2, 0.25) is 0 Å². The summed E-state index contributed by atoms with van der Waals surface area (Å²) in [7, 11) is 0. The highest BCUT2D eigenvalue weighted by Crippen LogP contribution is 2.21. The molecule has 0 aliphatic carbocycles. The van der Waals surface area contributed by atoms with E-state index in [0.29, 0.717) is 0 Å². The second kappa shape index (κ2) is 7.89. The standard InChI is InChI=1S/C22H20OS/c1-2-17-8-10-18(11-9-17)12-14-21(23)22-15-13-20(24-22)16-19-6-4-3-5-7-19/h3-15H,2,16H2,1H3/b14-12+. The summed E-state index contributed by atoms with van der Waals surface area (Å²) in [4.78, 5) is 14.3. The van der Waals surface area contributed by atoms with Gasteiger partial charge in [0.1, 0.15) is 0 Å². The van der Waals surface area contributed by atoms with Crippen molar-refractivity contribution >= 4 is 23.2 Å². The number of hydrogen-bond acceptors (Lipinski definition) is 2. The van der Waals surface area contributed by atoms with Crippen LogP contribution in [0.25, 0.3) is 6.08 Å². The second-order valence-corrected chi connectivity index (χ2v) is 6.89. The van der Waals surface area contributed by atoms with Gasteiger partial charge in [0.05, 0.1) is 4.88 Å². The molecule has 1 aromatic heterocycles. The number of hydrogen-bond donors (Lipinski definition) is 0. The third-order valence-electron chi connectivity index (χ3n) is 3.94. The molecule has 0 radical (unpaired) electrons. The fraction of sp³-hybridized carbons (Fsp3) is 0.136. The molecule has 1 nitrogen and oxygen atoms in total. The van der Waals surface area contributed by atoms with Crippen LogP contribution in [0.15, 0.2) is 72.8 Å². The van der Waals surface area contributed by atoms with Gasteiger partial charge >= 0.3 is 0 Å². The van der Waals surface area contributed by atoms with Gasteiger partial charge in [0, 0.05) is 11.3 Å². The Morgan fingerprint density at radius 2 is 1.67 bits per heavy atom. The monoisotopic (exact) mass is 332 g/mol. The molecule has 0 spiro atoms. The Balaban J connectivity index is 1.65. The van der Waals surface area contributed by atoms with Crippen molar-refractivity contribution in [2.24, 2.45) is 0 Å². The molecular weight excluding hydrogens is 312 g/mol. The van der Waals surface area contributed by atoms with Crippen molar-refractivity contribution in [3.05, 3.63) is 99.3 Å². The quantitative estimate of drug-likeness (QED) is 0.412. The molecule has 0 saturated heterocycles. The summed E-state index contributed by atoms with van der Waals surface area (Å²) in [6, 6.07) is 22.6. The first-order valence-electron chi connectivity index (χ1n) is 8.18. The van der Waals surface area contributed by atoms with E-state index in [-0.39, 0.29) is 5.78 Å². The minimum absolute atomic E-state index is 0.0684. The number of thiophene rings is 1. The third kappa shape index (κ3) is 4.30. The lowest BCUT2D eigenvalue weighted by Crippen LogP contribution is -1.89.